The predicted molar refractivity (Wildman–Crippen MR) is 61.3 cm³/mol. The highest BCUT2D eigenvalue weighted by molar-refractivity contribution is 9.10. The quantitative estimate of drug-likeness (QED) is 0.754. The van der Waals surface area contributed by atoms with Crippen molar-refractivity contribution in [2.75, 3.05) is 0 Å². The highest BCUT2D eigenvalue weighted by Gasteiger charge is 2.38. The first-order valence-corrected chi connectivity index (χ1v) is 5.86. The summed E-state index contributed by atoms with van der Waals surface area (Å²) in [7, 11) is 0. The third kappa shape index (κ3) is 2.37. The van der Waals surface area contributed by atoms with Crippen molar-refractivity contribution >= 4 is 15.9 Å². The second-order valence-corrected chi connectivity index (χ2v) is 5.03. The van der Waals surface area contributed by atoms with Crippen LogP contribution in [-0.2, 0) is 11.2 Å². The van der Waals surface area contributed by atoms with E-state index in [2.05, 4.69) is 54.0 Å². The molecule has 0 aliphatic carbocycles. The molecule has 1 aliphatic rings. The second kappa shape index (κ2) is 4.03. The maximum Gasteiger partial charge on any atom is 0.0867 e. The highest BCUT2D eigenvalue weighted by atomic mass is 79.9. The zero-order valence-corrected chi connectivity index (χ0v) is 10.1. The van der Waals surface area contributed by atoms with E-state index in [-0.39, 0.29) is 0 Å². The Morgan fingerprint density at radius 2 is 2.21 bits per heavy atom. The monoisotopic (exact) mass is 254 g/mol. The first-order chi connectivity index (χ1) is 6.66. The van der Waals surface area contributed by atoms with Crippen LogP contribution >= 0.6 is 15.9 Å². The zero-order chi connectivity index (χ0) is 10.1. The van der Waals surface area contributed by atoms with Crippen molar-refractivity contribution in [2.45, 2.75) is 32.5 Å². The summed E-state index contributed by atoms with van der Waals surface area (Å²) in [5.41, 5.74) is 1.38. The molecule has 0 aromatic heterocycles. The fourth-order valence-corrected chi connectivity index (χ4v) is 2.40. The Balaban J connectivity index is 1.96. The molecule has 1 saturated heterocycles. The molecule has 1 nitrogen and oxygen atoms in total. The fraction of sp³-hybridized carbons (Fsp3) is 0.500. The summed E-state index contributed by atoms with van der Waals surface area (Å²) >= 11 is 3.49. The molecule has 14 heavy (non-hydrogen) atoms. The Bertz CT molecular complexity index is 324. The number of epoxide rings is 1. The third-order valence-electron chi connectivity index (χ3n) is 2.77. The number of hydrogen-bond acceptors (Lipinski definition) is 1. The molecule has 0 saturated carbocycles. The van der Waals surface area contributed by atoms with E-state index < -0.39 is 0 Å². The third-order valence-corrected chi connectivity index (χ3v) is 3.26. The van der Waals surface area contributed by atoms with Crippen LogP contribution in [-0.4, -0.2) is 12.2 Å². The van der Waals surface area contributed by atoms with Gasteiger partial charge in [-0.3, -0.25) is 0 Å². The Kier molecular flexibility index (Phi) is 2.93. The van der Waals surface area contributed by atoms with Gasteiger partial charge >= 0.3 is 0 Å². The summed E-state index contributed by atoms with van der Waals surface area (Å²) in [6.45, 7) is 4.40. The van der Waals surface area contributed by atoms with E-state index >= 15 is 0 Å². The average Bonchev–Trinajstić information content (AvgIpc) is 2.82. The van der Waals surface area contributed by atoms with Gasteiger partial charge in [-0.25, -0.2) is 0 Å². The Morgan fingerprint density at radius 3 is 2.79 bits per heavy atom. The van der Waals surface area contributed by atoms with Crippen LogP contribution in [0.4, 0.5) is 0 Å². The Hall–Kier alpha value is -0.340. The van der Waals surface area contributed by atoms with E-state index in [0.717, 1.165) is 10.9 Å². The lowest BCUT2D eigenvalue weighted by Crippen LogP contribution is -2.08. The van der Waals surface area contributed by atoms with Crippen molar-refractivity contribution in [1.29, 1.82) is 0 Å². The molecule has 1 aromatic carbocycles. The molecule has 0 radical (unpaired) electrons. The molecule has 1 aliphatic heterocycles. The number of halogens is 1. The molecule has 0 N–H and O–H groups in total. The minimum atomic E-state index is 0.470. The molecule has 2 rings (SSSR count). The normalized spacial score (nSPS) is 27.4. The number of hydrogen-bond donors (Lipinski definition) is 0. The van der Waals surface area contributed by atoms with E-state index in [9.17, 15) is 0 Å². The number of rotatable bonds is 3. The van der Waals surface area contributed by atoms with E-state index in [4.69, 9.17) is 4.74 Å². The molecule has 3 unspecified atom stereocenters. The van der Waals surface area contributed by atoms with E-state index in [0.29, 0.717) is 18.1 Å². The van der Waals surface area contributed by atoms with Crippen molar-refractivity contribution in [1.82, 2.24) is 0 Å². The second-order valence-electron chi connectivity index (χ2n) is 4.12. The SMILES string of the molecule is CC(Cc1cccc(Br)c1)C1OC1C. The van der Waals surface area contributed by atoms with Gasteiger partial charge < -0.3 is 4.74 Å². The molecule has 76 valence electrons. The van der Waals surface area contributed by atoms with Crippen LogP contribution in [0.5, 0.6) is 0 Å². The molecule has 0 bridgehead atoms. The first kappa shape index (κ1) is 10.2. The molecular formula is C12H15BrO. The highest BCUT2D eigenvalue weighted by Crippen LogP contribution is 2.31. The summed E-state index contributed by atoms with van der Waals surface area (Å²) in [5.74, 6) is 0.624. The van der Waals surface area contributed by atoms with Gasteiger partial charge in [0.1, 0.15) is 0 Å². The summed E-state index contributed by atoms with van der Waals surface area (Å²) in [6.07, 6.45) is 2.06. The minimum absolute atomic E-state index is 0.470. The topological polar surface area (TPSA) is 12.5 Å². The number of ether oxygens (including phenoxy) is 1. The fourth-order valence-electron chi connectivity index (χ4n) is 1.95. The minimum Gasteiger partial charge on any atom is -0.370 e. The smallest absolute Gasteiger partial charge is 0.0867 e. The summed E-state index contributed by atoms with van der Waals surface area (Å²) in [6, 6.07) is 8.51. The maximum absolute atomic E-state index is 5.47. The van der Waals surface area contributed by atoms with E-state index in [1.165, 1.54) is 5.56 Å². The van der Waals surface area contributed by atoms with Gasteiger partial charge in [-0.2, -0.15) is 0 Å². The van der Waals surface area contributed by atoms with Crippen molar-refractivity contribution in [3.8, 4) is 0 Å². The average molecular weight is 255 g/mol. The lowest BCUT2D eigenvalue weighted by molar-refractivity contribution is 0.328. The van der Waals surface area contributed by atoms with Crippen LogP contribution in [0.25, 0.3) is 0 Å². The van der Waals surface area contributed by atoms with Crippen molar-refractivity contribution < 1.29 is 4.74 Å². The van der Waals surface area contributed by atoms with Gasteiger partial charge in [-0.15, -0.1) is 0 Å². The number of benzene rings is 1. The molecule has 2 heteroatoms. The lowest BCUT2D eigenvalue weighted by Gasteiger charge is -2.08. The summed E-state index contributed by atoms with van der Waals surface area (Å²) < 4.78 is 6.63. The largest absolute Gasteiger partial charge is 0.370 e. The molecule has 1 fully saturated rings. The summed E-state index contributed by atoms with van der Waals surface area (Å²) in [5, 5.41) is 0. The lowest BCUT2D eigenvalue weighted by atomic mass is 9.97. The van der Waals surface area contributed by atoms with Gasteiger partial charge in [-0.1, -0.05) is 35.0 Å². The van der Waals surface area contributed by atoms with Crippen LogP contribution in [0.2, 0.25) is 0 Å². The maximum atomic E-state index is 5.47. The molecule has 1 aromatic rings. The van der Waals surface area contributed by atoms with Gasteiger partial charge in [0.05, 0.1) is 12.2 Å². The standard InChI is InChI=1S/C12H15BrO/c1-8(12-9(2)14-12)6-10-4-3-5-11(13)7-10/h3-5,7-9,12H,6H2,1-2H3. The van der Waals surface area contributed by atoms with Gasteiger partial charge in [0.25, 0.3) is 0 Å². The van der Waals surface area contributed by atoms with Gasteiger partial charge in [-0.05, 0) is 37.0 Å². The molecule has 0 amide bonds. The first-order valence-electron chi connectivity index (χ1n) is 5.06. The molecule has 1 heterocycles. The van der Waals surface area contributed by atoms with Crippen LogP contribution in [0.3, 0.4) is 0 Å². The molecule has 3 atom stereocenters. The Labute approximate surface area is 93.6 Å². The van der Waals surface area contributed by atoms with Crippen molar-refractivity contribution in [2.24, 2.45) is 5.92 Å². The summed E-state index contributed by atoms with van der Waals surface area (Å²) in [4.78, 5) is 0. The van der Waals surface area contributed by atoms with E-state index in [1.807, 2.05) is 0 Å². The zero-order valence-electron chi connectivity index (χ0n) is 8.53. The van der Waals surface area contributed by atoms with Crippen LogP contribution in [0.15, 0.2) is 28.7 Å². The van der Waals surface area contributed by atoms with Crippen LogP contribution in [0.1, 0.15) is 19.4 Å². The Morgan fingerprint density at radius 1 is 1.50 bits per heavy atom. The predicted octanol–water partition coefficient (Wildman–Crippen LogP) is 3.42. The molecule has 0 spiro atoms. The van der Waals surface area contributed by atoms with Crippen LogP contribution < -0.4 is 0 Å². The van der Waals surface area contributed by atoms with Gasteiger partial charge in [0, 0.05) is 4.47 Å². The molecular weight excluding hydrogens is 240 g/mol. The van der Waals surface area contributed by atoms with E-state index in [1.54, 1.807) is 0 Å². The van der Waals surface area contributed by atoms with Crippen LogP contribution in [0, 0.1) is 5.92 Å². The van der Waals surface area contributed by atoms with Gasteiger partial charge in [0.15, 0.2) is 0 Å². The van der Waals surface area contributed by atoms with Crippen molar-refractivity contribution in [3.05, 3.63) is 34.3 Å². The van der Waals surface area contributed by atoms with Gasteiger partial charge in [0.2, 0.25) is 0 Å². The van der Waals surface area contributed by atoms with Crippen molar-refractivity contribution in [3.63, 3.8) is 0 Å².